The van der Waals surface area contributed by atoms with Gasteiger partial charge in [0, 0.05) is 16.4 Å². The molecule has 4 rings (SSSR count). The highest BCUT2D eigenvalue weighted by Crippen LogP contribution is 2.33. The number of carbonyl (C=O) groups is 1. The van der Waals surface area contributed by atoms with Crippen molar-refractivity contribution in [2.75, 3.05) is 5.32 Å². The smallest absolute Gasteiger partial charge is 0.229 e. The van der Waals surface area contributed by atoms with Gasteiger partial charge in [-0.1, -0.05) is 42.5 Å². The number of fused-ring (bicyclic) bond motifs is 2. The number of nitrogens with one attached hydrogen (secondary N) is 1. The van der Waals surface area contributed by atoms with E-state index in [0.29, 0.717) is 17.3 Å². The Morgan fingerprint density at radius 2 is 1.89 bits per heavy atom. The second-order valence-corrected chi connectivity index (χ2v) is 9.41. The molecule has 0 unspecified atom stereocenters. The van der Waals surface area contributed by atoms with Crippen molar-refractivity contribution in [1.82, 2.24) is 9.78 Å². The number of anilines is 1. The summed E-state index contributed by atoms with van der Waals surface area (Å²) in [6, 6.07) is 14.1. The zero-order valence-electron chi connectivity index (χ0n) is 15.8. The van der Waals surface area contributed by atoms with E-state index in [4.69, 9.17) is 0 Å². The molecular weight excluding hydrogens is 358 g/mol. The number of carbonyl (C=O) groups excluding carboxylic acids is 1. The normalized spacial score (nSPS) is 16.5. The molecule has 0 fully saturated rings. The van der Waals surface area contributed by atoms with Crippen molar-refractivity contribution in [1.29, 1.82) is 0 Å². The lowest BCUT2D eigenvalue weighted by molar-refractivity contribution is -0.115. The molecule has 0 aliphatic carbocycles. The average Bonchev–Trinajstić information content (AvgIpc) is 3.12. The van der Waals surface area contributed by atoms with Gasteiger partial charge in [-0.05, 0) is 37.1 Å². The molecule has 2 aromatic carbocycles. The van der Waals surface area contributed by atoms with Gasteiger partial charge in [0.15, 0.2) is 0 Å². The van der Waals surface area contributed by atoms with Crippen LogP contribution in [-0.2, 0) is 39.1 Å². The third kappa shape index (κ3) is 3.41. The summed E-state index contributed by atoms with van der Waals surface area (Å²) in [5.74, 6) is 1.52. The van der Waals surface area contributed by atoms with Crippen molar-refractivity contribution >= 4 is 33.3 Å². The molecule has 1 amide bonds. The summed E-state index contributed by atoms with van der Waals surface area (Å²) < 4.78 is 13.8. The second-order valence-electron chi connectivity index (χ2n) is 7.95. The summed E-state index contributed by atoms with van der Waals surface area (Å²) in [5.41, 5.74) is 2.47. The average molecular weight is 382 g/mol. The molecule has 0 spiro atoms. The molecule has 0 saturated carbocycles. The van der Waals surface area contributed by atoms with Crippen LogP contribution in [0.3, 0.4) is 0 Å². The van der Waals surface area contributed by atoms with Crippen LogP contribution in [0.2, 0.25) is 0 Å². The second kappa shape index (κ2) is 6.60. The lowest BCUT2D eigenvalue weighted by Crippen LogP contribution is -2.28. The van der Waals surface area contributed by atoms with Crippen LogP contribution >= 0.6 is 0 Å². The standard InChI is InChI=1S/C21H23N3O2S/c1-21(2,3)24-20(17-12-27(26)13-18(17)23-24)22-19(25)11-15-9-6-8-14-7-4-5-10-16(14)15/h4-10H,11-13H2,1-3H3,(H,22,25)/t27-/m1/s1. The van der Waals surface area contributed by atoms with Crippen LogP contribution in [-0.4, -0.2) is 19.9 Å². The molecular formula is C21H23N3O2S. The number of amides is 1. The predicted octanol–water partition coefficient (Wildman–Crippen LogP) is 3.73. The Kier molecular flexibility index (Phi) is 4.38. The molecule has 27 heavy (non-hydrogen) atoms. The Bertz CT molecular complexity index is 1060. The fourth-order valence-corrected chi connectivity index (χ4v) is 4.80. The van der Waals surface area contributed by atoms with Crippen molar-refractivity contribution in [2.45, 2.75) is 44.2 Å². The fraction of sp³-hybridized carbons (Fsp3) is 0.333. The van der Waals surface area contributed by atoms with E-state index in [9.17, 15) is 9.00 Å². The minimum Gasteiger partial charge on any atom is -0.310 e. The lowest BCUT2D eigenvalue weighted by atomic mass is 10.0. The predicted molar refractivity (Wildman–Crippen MR) is 109 cm³/mol. The van der Waals surface area contributed by atoms with Gasteiger partial charge in [-0.2, -0.15) is 5.10 Å². The molecule has 0 saturated heterocycles. The fourth-order valence-electron chi connectivity index (χ4n) is 3.54. The summed E-state index contributed by atoms with van der Waals surface area (Å²) in [4.78, 5) is 12.9. The number of hydrogen-bond acceptors (Lipinski definition) is 3. The van der Waals surface area contributed by atoms with E-state index in [1.165, 1.54) is 0 Å². The molecule has 0 bridgehead atoms. The number of benzene rings is 2. The Hall–Kier alpha value is -2.47. The minimum absolute atomic E-state index is 0.0859. The van der Waals surface area contributed by atoms with Gasteiger partial charge in [0.05, 0.1) is 29.2 Å². The summed E-state index contributed by atoms with van der Waals surface area (Å²) in [6.07, 6.45) is 0.286. The molecule has 3 aromatic rings. The molecule has 0 radical (unpaired) electrons. The molecule has 1 aliphatic rings. The van der Waals surface area contributed by atoms with E-state index in [1.807, 2.05) is 67.9 Å². The zero-order chi connectivity index (χ0) is 19.2. The molecule has 6 heteroatoms. The van der Waals surface area contributed by atoms with Crippen LogP contribution < -0.4 is 5.32 Å². The molecule has 5 nitrogen and oxygen atoms in total. The number of hydrogen-bond donors (Lipinski definition) is 1. The van der Waals surface area contributed by atoms with Gasteiger partial charge in [-0.25, -0.2) is 4.68 Å². The van der Waals surface area contributed by atoms with Gasteiger partial charge in [0.1, 0.15) is 5.82 Å². The van der Waals surface area contributed by atoms with Crippen LogP contribution in [0.4, 0.5) is 5.82 Å². The summed E-state index contributed by atoms with van der Waals surface area (Å²) in [5, 5.41) is 9.90. The van der Waals surface area contributed by atoms with Gasteiger partial charge in [-0.15, -0.1) is 0 Å². The van der Waals surface area contributed by atoms with Crippen LogP contribution in [0.5, 0.6) is 0 Å². The van der Waals surface area contributed by atoms with Crippen molar-refractivity contribution in [2.24, 2.45) is 0 Å². The molecule has 2 heterocycles. The maximum Gasteiger partial charge on any atom is 0.229 e. The van der Waals surface area contributed by atoms with Gasteiger partial charge >= 0.3 is 0 Å². The van der Waals surface area contributed by atoms with E-state index < -0.39 is 10.8 Å². The number of aromatic nitrogens is 2. The largest absolute Gasteiger partial charge is 0.310 e. The first-order valence-electron chi connectivity index (χ1n) is 9.05. The Labute approximate surface area is 161 Å². The summed E-state index contributed by atoms with van der Waals surface area (Å²) in [7, 11) is -0.932. The molecule has 1 aromatic heterocycles. The lowest BCUT2D eigenvalue weighted by Gasteiger charge is -2.23. The van der Waals surface area contributed by atoms with E-state index >= 15 is 0 Å². The highest BCUT2D eigenvalue weighted by atomic mass is 32.2. The summed E-state index contributed by atoms with van der Waals surface area (Å²) in [6.45, 7) is 6.14. The van der Waals surface area contributed by atoms with Crippen LogP contribution in [0.1, 0.15) is 37.6 Å². The molecule has 1 aliphatic heterocycles. The van der Waals surface area contributed by atoms with Crippen molar-refractivity contribution in [3.05, 3.63) is 59.3 Å². The summed E-state index contributed by atoms with van der Waals surface area (Å²) >= 11 is 0. The van der Waals surface area contributed by atoms with Crippen LogP contribution in [0.25, 0.3) is 10.8 Å². The third-order valence-electron chi connectivity index (χ3n) is 4.79. The third-order valence-corrected chi connectivity index (χ3v) is 6.00. The van der Waals surface area contributed by atoms with Crippen molar-refractivity contribution < 1.29 is 9.00 Å². The molecule has 1 N–H and O–H groups in total. The Balaban J connectivity index is 1.64. The zero-order valence-corrected chi connectivity index (χ0v) is 16.6. The van der Waals surface area contributed by atoms with E-state index in [2.05, 4.69) is 10.4 Å². The Morgan fingerprint density at radius 1 is 1.15 bits per heavy atom. The molecule has 140 valence electrons. The monoisotopic (exact) mass is 381 g/mol. The van der Waals surface area contributed by atoms with Crippen molar-refractivity contribution in [3.8, 4) is 0 Å². The number of nitrogens with zero attached hydrogens (tertiary/aromatic N) is 2. The van der Waals surface area contributed by atoms with Gasteiger partial charge in [0.25, 0.3) is 0 Å². The van der Waals surface area contributed by atoms with E-state index in [-0.39, 0.29) is 17.9 Å². The maximum atomic E-state index is 12.9. The number of rotatable bonds is 3. The SMILES string of the molecule is CC(C)(C)n1nc2c(c1NC(=O)Cc1cccc3ccccc13)C[S@@](=O)C2. The van der Waals surface area contributed by atoms with Gasteiger partial charge in [0.2, 0.25) is 5.91 Å². The van der Waals surface area contributed by atoms with Gasteiger partial charge < -0.3 is 5.32 Å². The minimum atomic E-state index is -0.932. The van der Waals surface area contributed by atoms with Crippen LogP contribution in [0.15, 0.2) is 42.5 Å². The van der Waals surface area contributed by atoms with Crippen LogP contribution in [0, 0.1) is 0 Å². The van der Waals surface area contributed by atoms with Crippen molar-refractivity contribution in [3.63, 3.8) is 0 Å². The quantitative estimate of drug-likeness (QED) is 0.752. The maximum absolute atomic E-state index is 12.9. The first-order valence-corrected chi connectivity index (χ1v) is 10.5. The highest BCUT2D eigenvalue weighted by Gasteiger charge is 2.31. The van der Waals surface area contributed by atoms with E-state index in [0.717, 1.165) is 27.6 Å². The highest BCUT2D eigenvalue weighted by molar-refractivity contribution is 7.83. The first kappa shape index (κ1) is 17.9. The topological polar surface area (TPSA) is 64.0 Å². The molecule has 1 atom stereocenters. The van der Waals surface area contributed by atoms with Gasteiger partial charge in [-0.3, -0.25) is 9.00 Å². The van der Waals surface area contributed by atoms with E-state index in [1.54, 1.807) is 0 Å². The first-order chi connectivity index (χ1) is 12.8. The Morgan fingerprint density at radius 3 is 2.67 bits per heavy atom.